The summed E-state index contributed by atoms with van der Waals surface area (Å²) in [7, 11) is 0. The Balaban J connectivity index is 2.68. The lowest BCUT2D eigenvalue weighted by Gasteiger charge is -2.24. The van der Waals surface area contributed by atoms with Gasteiger partial charge in [0.1, 0.15) is 0 Å². The molecule has 19 heavy (non-hydrogen) atoms. The maximum atomic E-state index is 11.0. The maximum Gasteiger partial charge on any atom is 0.307 e. The minimum absolute atomic E-state index is 0.362. The van der Waals surface area contributed by atoms with Crippen LogP contribution in [0, 0.1) is 5.92 Å². The van der Waals surface area contributed by atoms with Crippen LogP contribution in [-0.2, 0) is 11.3 Å². The van der Waals surface area contributed by atoms with Crippen molar-refractivity contribution < 1.29 is 9.90 Å². The number of carbonyl (C=O) groups is 1. The van der Waals surface area contributed by atoms with Crippen LogP contribution in [0.25, 0.3) is 0 Å². The molecule has 0 bridgehead atoms. The van der Waals surface area contributed by atoms with Crippen molar-refractivity contribution >= 4 is 17.6 Å². The fraction of sp³-hybridized carbons (Fsp3) is 0.533. The first kappa shape index (κ1) is 16.0. The fourth-order valence-corrected chi connectivity index (χ4v) is 2.15. The average molecular weight is 284 g/mol. The van der Waals surface area contributed by atoms with E-state index in [0.717, 1.165) is 30.0 Å². The molecule has 0 amide bonds. The van der Waals surface area contributed by atoms with Crippen molar-refractivity contribution in [2.45, 2.75) is 33.2 Å². The molecule has 0 fully saturated rings. The Kier molecular flexibility index (Phi) is 6.89. The van der Waals surface area contributed by atoms with Crippen LogP contribution in [-0.4, -0.2) is 29.1 Å². The predicted octanol–water partition coefficient (Wildman–Crippen LogP) is 3.66. The van der Waals surface area contributed by atoms with E-state index in [4.69, 9.17) is 16.7 Å². The third-order valence-electron chi connectivity index (χ3n) is 3.13. The molecule has 0 aliphatic carbocycles. The molecule has 1 N–H and O–H groups in total. The Labute approximate surface area is 120 Å². The van der Waals surface area contributed by atoms with Gasteiger partial charge in [0.15, 0.2) is 0 Å². The quantitative estimate of drug-likeness (QED) is 0.791. The van der Waals surface area contributed by atoms with E-state index in [1.807, 2.05) is 24.3 Å². The molecule has 106 valence electrons. The Hall–Kier alpha value is -1.06. The second kappa shape index (κ2) is 8.18. The van der Waals surface area contributed by atoms with Gasteiger partial charge in [-0.1, -0.05) is 50.1 Å². The van der Waals surface area contributed by atoms with Gasteiger partial charge in [-0.25, -0.2) is 0 Å². The highest BCUT2D eigenvalue weighted by Gasteiger charge is 2.16. The van der Waals surface area contributed by atoms with Gasteiger partial charge in [0.2, 0.25) is 0 Å². The van der Waals surface area contributed by atoms with Gasteiger partial charge in [0, 0.05) is 18.1 Å². The Morgan fingerprint density at radius 3 is 2.68 bits per heavy atom. The maximum absolute atomic E-state index is 11.0. The van der Waals surface area contributed by atoms with Gasteiger partial charge in [-0.2, -0.15) is 0 Å². The number of aliphatic carboxylic acids is 1. The number of carboxylic acids is 1. The second-order valence-corrected chi connectivity index (χ2v) is 5.33. The zero-order valence-corrected chi connectivity index (χ0v) is 12.4. The topological polar surface area (TPSA) is 40.5 Å². The molecule has 0 saturated carbocycles. The number of rotatable bonds is 8. The molecule has 0 saturated heterocycles. The summed E-state index contributed by atoms with van der Waals surface area (Å²) in [5.41, 5.74) is 1.05. The summed E-state index contributed by atoms with van der Waals surface area (Å²) >= 11 is 6.16. The Morgan fingerprint density at radius 2 is 2.11 bits per heavy atom. The molecule has 3 nitrogen and oxygen atoms in total. The molecule has 1 aromatic rings. The molecule has 0 radical (unpaired) electrons. The van der Waals surface area contributed by atoms with E-state index in [1.165, 1.54) is 0 Å². The number of hydrogen-bond acceptors (Lipinski definition) is 2. The van der Waals surface area contributed by atoms with Crippen molar-refractivity contribution in [3.63, 3.8) is 0 Å². The van der Waals surface area contributed by atoms with Crippen LogP contribution in [0.2, 0.25) is 5.02 Å². The number of unbranched alkanes of at least 4 members (excludes halogenated alkanes) is 1. The molecule has 0 aliphatic heterocycles. The van der Waals surface area contributed by atoms with Crippen LogP contribution in [0.4, 0.5) is 0 Å². The monoisotopic (exact) mass is 283 g/mol. The van der Waals surface area contributed by atoms with E-state index in [9.17, 15) is 4.79 Å². The summed E-state index contributed by atoms with van der Waals surface area (Å²) in [6.07, 6.45) is 2.16. The smallest absolute Gasteiger partial charge is 0.307 e. The van der Waals surface area contributed by atoms with Crippen LogP contribution in [0.15, 0.2) is 24.3 Å². The Bertz CT molecular complexity index is 409. The lowest BCUT2D eigenvalue weighted by molar-refractivity contribution is -0.141. The van der Waals surface area contributed by atoms with E-state index in [2.05, 4.69) is 11.8 Å². The third kappa shape index (κ3) is 5.62. The normalized spacial score (nSPS) is 12.6. The fourth-order valence-electron chi connectivity index (χ4n) is 1.95. The van der Waals surface area contributed by atoms with Crippen LogP contribution >= 0.6 is 11.6 Å². The number of hydrogen-bond donors (Lipinski definition) is 1. The molecule has 1 aromatic carbocycles. The van der Waals surface area contributed by atoms with Gasteiger partial charge in [-0.05, 0) is 24.6 Å². The van der Waals surface area contributed by atoms with Gasteiger partial charge in [-0.3, -0.25) is 9.69 Å². The second-order valence-electron chi connectivity index (χ2n) is 4.92. The molecular weight excluding hydrogens is 262 g/mol. The summed E-state index contributed by atoms with van der Waals surface area (Å²) in [6.45, 7) is 6.04. The first-order valence-electron chi connectivity index (χ1n) is 6.73. The standard InChI is InChI=1S/C15H22ClNO2/c1-3-4-9-17(10-12(2)15(18)19)11-13-7-5-6-8-14(13)16/h5-8,12H,3-4,9-11H2,1-2H3,(H,18,19). The van der Waals surface area contributed by atoms with Crippen LogP contribution in [0.3, 0.4) is 0 Å². The molecule has 0 aliphatic rings. The van der Waals surface area contributed by atoms with Gasteiger partial charge in [-0.15, -0.1) is 0 Å². The van der Waals surface area contributed by atoms with Gasteiger partial charge in [0.05, 0.1) is 5.92 Å². The van der Waals surface area contributed by atoms with E-state index >= 15 is 0 Å². The molecule has 0 heterocycles. The van der Waals surface area contributed by atoms with Crippen LogP contribution in [0.1, 0.15) is 32.3 Å². The first-order valence-corrected chi connectivity index (χ1v) is 7.11. The number of nitrogens with zero attached hydrogens (tertiary/aromatic N) is 1. The van der Waals surface area contributed by atoms with Crippen molar-refractivity contribution in [3.8, 4) is 0 Å². The molecule has 0 spiro atoms. The first-order chi connectivity index (χ1) is 9.04. The van der Waals surface area contributed by atoms with E-state index in [1.54, 1.807) is 6.92 Å². The summed E-state index contributed by atoms with van der Waals surface area (Å²) in [5.74, 6) is -1.11. The van der Waals surface area contributed by atoms with Crippen molar-refractivity contribution in [3.05, 3.63) is 34.9 Å². The summed E-state index contributed by atoms with van der Waals surface area (Å²) in [4.78, 5) is 13.1. The van der Waals surface area contributed by atoms with Gasteiger partial charge >= 0.3 is 5.97 Å². The zero-order valence-electron chi connectivity index (χ0n) is 11.6. The Morgan fingerprint density at radius 1 is 1.42 bits per heavy atom. The lowest BCUT2D eigenvalue weighted by atomic mass is 10.1. The van der Waals surface area contributed by atoms with E-state index in [-0.39, 0.29) is 5.92 Å². The van der Waals surface area contributed by atoms with Crippen molar-refractivity contribution in [2.75, 3.05) is 13.1 Å². The number of carboxylic acid groups (broad SMARTS) is 1. The predicted molar refractivity (Wildman–Crippen MR) is 78.4 cm³/mol. The number of benzene rings is 1. The third-order valence-corrected chi connectivity index (χ3v) is 3.50. The van der Waals surface area contributed by atoms with Gasteiger partial charge < -0.3 is 5.11 Å². The summed E-state index contributed by atoms with van der Waals surface area (Å²) in [6, 6.07) is 7.73. The molecule has 1 unspecified atom stereocenters. The van der Waals surface area contributed by atoms with Crippen molar-refractivity contribution in [2.24, 2.45) is 5.92 Å². The lowest BCUT2D eigenvalue weighted by Crippen LogP contribution is -2.32. The number of halogens is 1. The molecule has 1 rings (SSSR count). The average Bonchev–Trinajstić information content (AvgIpc) is 2.38. The van der Waals surface area contributed by atoms with Crippen LogP contribution in [0.5, 0.6) is 0 Å². The van der Waals surface area contributed by atoms with E-state index < -0.39 is 5.97 Å². The SMILES string of the molecule is CCCCN(Cc1ccccc1Cl)CC(C)C(=O)O. The highest BCUT2D eigenvalue weighted by Crippen LogP contribution is 2.18. The highest BCUT2D eigenvalue weighted by molar-refractivity contribution is 6.31. The summed E-state index contributed by atoms with van der Waals surface area (Å²) < 4.78 is 0. The molecular formula is C15H22ClNO2. The zero-order chi connectivity index (χ0) is 14.3. The molecule has 4 heteroatoms. The van der Waals surface area contributed by atoms with Crippen molar-refractivity contribution in [1.82, 2.24) is 4.90 Å². The minimum atomic E-state index is -0.749. The summed E-state index contributed by atoms with van der Waals surface area (Å²) in [5, 5.41) is 9.77. The largest absolute Gasteiger partial charge is 0.481 e. The van der Waals surface area contributed by atoms with Crippen molar-refractivity contribution in [1.29, 1.82) is 0 Å². The van der Waals surface area contributed by atoms with E-state index in [0.29, 0.717) is 13.1 Å². The minimum Gasteiger partial charge on any atom is -0.481 e. The molecule has 1 atom stereocenters. The highest BCUT2D eigenvalue weighted by atomic mass is 35.5. The molecule has 0 aromatic heterocycles. The van der Waals surface area contributed by atoms with Crippen LogP contribution < -0.4 is 0 Å². The van der Waals surface area contributed by atoms with Gasteiger partial charge in [0.25, 0.3) is 0 Å².